The Labute approximate surface area is 93.8 Å². The molecule has 0 fully saturated rings. The van der Waals surface area contributed by atoms with Gasteiger partial charge in [-0.3, -0.25) is 4.79 Å². The molecule has 0 aliphatic rings. The van der Waals surface area contributed by atoms with E-state index in [0.29, 0.717) is 6.61 Å². The number of H-pyrrole nitrogens is 1. The number of esters is 1. The lowest BCUT2D eigenvalue weighted by Crippen LogP contribution is -2.25. The van der Waals surface area contributed by atoms with Crippen molar-refractivity contribution in [2.75, 3.05) is 6.61 Å². The van der Waals surface area contributed by atoms with Gasteiger partial charge >= 0.3 is 5.97 Å². The molecule has 1 heterocycles. The van der Waals surface area contributed by atoms with Crippen LogP contribution in [-0.2, 0) is 9.53 Å². The van der Waals surface area contributed by atoms with E-state index in [4.69, 9.17) is 4.74 Å². The van der Waals surface area contributed by atoms with Crippen LogP contribution in [0.3, 0.4) is 0 Å². The van der Waals surface area contributed by atoms with E-state index in [1.807, 2.05) is 20.8 Å². The van der Waals surface area contributed by atoms with Gasteiger partial charge in [-0.2, -0.15) is 0 Å². The molecule has 1 unspecified atom stereocenters. The third-order valence-electron chi connectivity index (χ3n) is 1.84. The number of ether oxygens (including phenoxy) is 1. The first-order chi connectivity index (χ1) is 7.15. The Bertz CT molecular complexity index is 298. The molecular formula is C10H16N2O2S. The molecule has 0 aromatic carbocycles. The van der Waals surface area contributed by atoms with Crippen molar-refractivity contribution in [1.29, 1.82) is 0 Å². The monoisotopic (exact) mass is 228 g/mol. The van der Waals surface area contributed by atoms with Crippen molar-refractivity contribution in [3.05, 3.63) is 12.4 Å². The van der Waals surface area contributed by atoms with Crippen LogP contribution in [0.25, 0.3) is 0 Å². The Hall–Kier alpha value is -0.970. The van der Waals surface area contributed by atoms with E-state index in [-0.39, 0.29) is 17.1 Å². The molecule has 1 atom stereocenters. The highest BCUT2D eigenvalue weighted by Gasteiger charge is 2.25. The summed E-state index contributed by atoms with van der Waals surface area (Å²) in [5.41, 5.74) is 0. The Kier molecular flexibility index (Phi) is 4.68. The summed E-state index contributed by atoms with van der Waals surface area (Å²) in [4.78, 5) is 18.7. The molecule has 0 spiro atoms. The number of rotatable bonds is 5. The number of hydrogen-bond acceptors (Lipinski definition) is 4. The van der Waals surface area contributed by atoms with E-state index < -0.39 is 0 Å². The number of thioether (sulfide) groups is 1. The first-order valence-corrected chi connectivity index (χ1v) is 5.85. The second kappa shape index (κ2) is 5.80. The maximum Gasteiger partial charge on any atom is 0.319 e. The first kappa shape index (κ1) is 12.1. The van der Waals surface area contributed by atoms with Crippen molar-refractivity contribution in [2.24, 2.45) is 5.92 Å². The van der Waals surface area contributed by atoms with Crippen molar-refractivity contribution < 1.29 is 9.53 Å². The van der Waals surface area contributed by atoms with Gasteiger partial charge in [0.25, 0.3) is 0 Å². The summed E-state index contributed by atoms with van der Waals surface area (Å²) < 4.78 is 5.01. The highest BCUT2D eigenvalue weighted by Crippen LogP contribution is 2.26. The van der Waals surface area contributed by atoms with Gasteiger partial charge in [0.15, 0.2) is 5.16 Å². The van der Waals surface area contributed by atoms with Gasteiger partial charge in [0.2, 0.25) is 0 Å². The molecule has 5 heteroatoms. The van der Waals surface area contributed by atoms with Crippen molar-refractivity contribution in [3.63, 3.8) is 0 Å². The summed E-state index contributed by atoms with van der Waals surface area (Å²) in [6.45, 7) is 6.22. The summed E-state index contributed by atoms with van der Waals surface area (Å²) in [6, 6.07) is 0. The van der Waals surface area contributed by atoms with Gasteiger partial charge in [-0.15, -0.1) is 0 Å². The number of nitrogens with zero attached hydrogens (tertiary/aromatic N) is 1. The summed E-state index contributed by atoms with van der Waals surface area (Å²) in [5.74, 6) is 0.0491. The van der Waals surface area contributed by atoms with Crippen LogP contribution >= 0.6 is 11.8 Å². The van der Waals surface area contributed by atoms with E-state index >= 15 is 0 Å². The lowest BCUT2D eigenvalue weighted by Gasteiger charge is -2.16. The minimum Gasteiger partial charge on any atom is -0.465 e. The van der Waals surface area contributed by atoms with Crippen molar-refractivity contribution in [1.82, 2.24) is 9.97 Å². The zero-order valence-corrected chi connectivity index (χ0v) is 10.0. The van der Waals surface area contributed by atoms with E-state index in [9.17, 15) is 4.79 Å². The largest absolute Gasteiger partial charge is 0.465 e. The van der Waals surface area contributed by atoms with Crippen LogP contribution in [0.5, 0.6) is 0 Å². The molecule has 1 N–H and O–H groups in total. The highest BCUT2D eigenvalue weighted by atomic mass is 32.2. The molecule has 1 aromatic rings. The van der Waals surface area contributed by atoms with Crippen LogP contribution < -0.4 is 0 Å². The predicted molar refractivity (Wildman–Crippen MR) is 59.7 cm³/mol. The topological polar surface area (TPSA) is 55.0 Å². The van der Waals surface area contributed by atoms with Crippen LogP contribution in [-0.4, -0.2) is 27.8 Å². The van der Waals surface area contributed by atoms with Gasteiger partial charge in [0.05, 0.1) is 6.61 Å². The number of carbonyl (C=O) groups is 1. The van der Waals surface area contributed by atoms with Gasteiger partial charge < -0.3 is 9.72 Å². The van der Waals surface area contributed by atoms with E-state index in [0.717, 1.165) is 5.16 Å². The molecule has 84 valence electrons. The summed E-state index contributed by atoms with van der Waals surface area (Å²) >= 11 is 1.41. The lowest BCUT2D eigenvalue weighted by atomic mass is 10.1. The van der Waals surface area contributed by atoms with Gasteiger partial charge in [0, 0.05) is 12.4 Å². The van der Waals surface area contributed by atoms with Gasteiger partial charge in [-0.1, -0.05) is 25.6 Å². The fourth-order valence-electron chi connectivity index (χ4n) is 1.12. The van der Waals surface area contributed by atoms with E-state index in [1.54, 1.807) is 12.4 Å². The van der Waals surface area contributed by atoms with Crippen molar-refractivity contribution >= 4 is 17.7 Å². The Morgan fingerprint density at radius 3 is 2.87 bits per heavy atom. The highest BCUT2D eigenvalue weighted by molar-refractivity contribution is 8.00. The molecule has 15 heavy (non-hydrogen) atoms. The van der Waals surface area contributed by atoms with Crippen LogP contribution in [0.4, 0.5) is 0 Å². The molecule has 1 aromatic heterocycles. The van der Waals surface area contributed by atoms with E-state index in [1.165, 1.54) is 11.8 Å². The quantitative estimate of drug-likeness (QED) is 0.619. The zero-order valence-electron chi connectivity index (χ0n) is 9.19. The van der Waals surface area contributed by atoms with Crippen LogP contribution in [0.2, 0.25) is 0 Å². The average Bonchev–Trinajstić information content (AvgIpc) is 2.66. The van der Waals surface area contributed by atoms with Gasteiger partial charge in [-0.25, -0.2) is 4.98 Å². The molecule has 0 bridgehead atoms. The number of nitrogens with one attached hydrogen (secondary N) is 1. The molecule has 0 aliphatic carbocycles. The molecule has 1 rings (SSSR count). The molecular weight excluding hydrogens is 212 g/mol. The minimum atomic E-state index is -0.198. The normalized spacial score (nSPS) is 12.8. The Morgan fingerprint density at radius 2 is 2.40 bits per heavy atom. The molecule has 0 radical (unpaired) electrons. The summed E-state index contributed by atoms with van der Waals surface area (Å²) in [7, 11) is 0. The number of hydrogen-bond donors (Lipinski definition) is 1. The maximum absolute atomic E-state index is 11.6. The van der Waals surface area contributed by atoms with Crippen LogP contribution in [0, 0.1) is 5.92 Å². The average molecular weight is 228 g/mol. The third kappa shape index (κ3) is 3.58. The number of imidazole rings is 1. The minimum absolute atomic E-state index is 0.172. The first-order valence-electron chi connectivity index (χ1n) is 4.97. The fourth-order valence-corrected chi connectivity index (χ4v) is 2.05. The third-order valence-corrected chi connectivity index (χ3v) is 3.27. The summed E-state index contributed by atoms with van der Waals surface area (Å²) in [6.07, 6.45) is 3.41. The molecule has 0 amide bonds. The standard InChI is InChI=1S/C10H16N2O2S/c1-4-14-9(13)8(7(2)3)15-10-11-5-6-12-10/h5-8H,4H2,1-3H3,(H,11,12). The molecule has 0 saturated carbocycles. The Morgan fingerprint density at radius 1 is 1.67 bits per heavy atom. The number of aromatic amines is 1. The second-order valence-corrected chi connectivity index (χ2v) is 4.56. The molecule has 0 saturated heterocycles. The van der Waals surface area contributed by atoms with E-state index in [2.05, 4.69) is 9.97 Å². The van der Waals surface area contributed by atoms with Crippen LogP contribution in [0.1, 0.15) is 20.8 Å². The van der Waals surface area contributed by atoms with Crippen molar-refractivity contribution in [3.8, 4) is 0 Å². The Balaban J connectivity index is 2.62. The fraction of sp³-hybridized carbons (Fsp3) is 0.600. The zero-order chi connectivity index (χ0) is 11.3. The predicted octanol–water partition coefficient (Wildman–Crippen LogP) is 2.09. The maximum atomic E-state index is 11.6. The second-order valence-electron chi connectivity index (χ2n) is 3.43. The van der Waals surface area contributed by atoms with Gasteiger partial charge in [-0.05, 0) is 12.8 Å². The molecule has 4 nitrogen and oxygen atoms in total. The number of aromatic nitrogens is 2. The summed E-state index contributed by atoms with van der Waals surface area (Å²) in [5, 5.41) is 0.554. The SMILES string of the molecule is CCOC(=O)C(Sc1ncc[nH]1)C(C)C. The van der Waals surface area contributed by atoms with Crippen molar-refractivity contribution in [2.45, 2.75) is 31.2 Å². The number of carbonyl (C=O) groups excluding carboxylic acids is 1. The van der Waals surface area contributed by atoms with Crippen LogP contribution in [0.15, 0.2) is 17.6 Å². The molecule has 0 aliphatic heterocycles. The smallest absolute Gasteiger partial charge is 0.319 e. The van der Waals surface area contributed by atoms with Gasteiger partial charge in [0.1, 0.15) is 5.25 Å². The lowest BCUT2D eigenvalue weighted by molar-refractivity contribution is -0.143.